The highest BCUT2D eigenvalue weighted by Crippen LogP contribution is 2.18. The molecule has 1 aliphatic rings. The smallest absolute Gasteiger partial charge is 0.0594 e. The number of benzene rings is 1. The molecule has 96 valence electrons. The summed E-state index contributed by atoms with van der Waals surface area (Å²) in [5, 5.41) is 0. The fourth-order valence-corrected chi connectivity index (χ4v) is 2.85. The van der Waals surface area contributed by atoms with Crippen LogP contribution < -0.4 is 0 Å². The van der Waals surface area contributed by atoms with Gasteiger partial charge in [0.05, 0.1) is 13.2 Å². The normalized spacial score (nSPS) is 16.5. The maximum Gasteiger partial charge on any atom is 0.0594 e. The number of thioether (sulfide) groups is 1. The summed E-state index contributed by atoms with van der Waals surface area (Å²) >= 11 is 1.95. The van der Waals surface area contributed by atoms with Gasteiger partial charge in [0.2, 0.25) is 0 Å². The van der Waals surface area contributed by atoms with Crippen molar-refractivity contribution in [2.75, 3.05) is 38.6 Å². The van der Waals surface area contributed by atoms with Gasteiger partial charge < -0.3 is 4.74 Å². The fourth-order valence-electron chi connectivity index (χ4n) is 1.82. The Labute approximate surface area is 114 Å². The Bertz CT molecular complexity index is 329. The Balaban J connectivity index is 0.00000144. The van der Waals surface area contributed by atoms with Gasteiger partial charge >= 0.3 is 0 Å². The number of rotatable bonds is 4. The van der Waals surface area contributed by atoms with Crippen molar-refractivity contribution in [2.24, 2.45) is 0 Å². The second-order valence-electron chi connectivity index (χ2n) is 4.12. The van der Waals surface area contributed by atoms with Crippen LogP contribution in [0.1, 0.15) is 5.56 Å². The molecule has 2 rings (SSSR count). The van der Waals surface area contributed by atoms with Crippen LogP contribution in [0, 0.1) is 6.92 Å². The summed E-state index contributed by atoms with van der Waals surface area (Å²) in [6, 6.07) is 8.72. The minimum Gasteiger partial charge on any atom is -0.379 e. The molecule has 0 aromatic heterocycles. The summed E-state index contributed by atoms with van der Waals surface area (Å²) in [5.74, 6) is 1.17. The summed E-state index contributed by atoms with van der Waals surface area (Å²) in [6.07, 6.45) is 0. The molecule has 1 fully saturated rings. The molecule has 0 saturated carbocycles. The van der Waals surface area contributed by atoms with Crippen LogP contribution in [-0.4, -0.2) is 43.5 Å². The Hall–Kier alpha value is -0.220. The van der Waals surface area contributed by atoms with Crippen LogP contribution in [0.25, 0.3) is 0 Å². The largest absolute Gasteiger partial charge is 0.379 e. The molecule has 4 heteroatoms. The molecule has 0 bridgehead atoms. The van der Waals surface area contributed by atoms with Gasteiger partial charge in [0.15, 0.2) is 0 Å². The van der Waals surface area contributed by atoms with Crippen molar-refractivity contribution in [3.63, 3.8) is 0 Å². The lowest BCUT2D eigenvalue weighted by Gasteiger charge is -2.26. The summed E-state index contributed by atoms with van der Waals surface area (Å²) in [6.45, 7) is 7.29. The monoisotopic (exact) mass is 273 g/mol. The average molecular weight is 274 g/mol. The highest BCUT2D eigenvalue weighted by molar-refractivity contribution is 7.99. The zero-order valence-electron chi connectivity index (χ0n) is 10.2. The minimum atomic E-state index is 0. The van der Waals surface area contributed by atoms with E-state index in [-0.39, 0.29) is 12.4 Å². The SMILES string of the molecule is Cc1cccc(SCCN2CCOCC2)c1.Cl. The predicted molar refractivity (Wildman–Crippen MR) is 76.4 cm³/mol. The summed E-state index contributed by atoms with van der Waals surface area (Å²) in [5.41, 5.74) is 1.34. The van der Waals surface area contributed by atoms with Gasteiger partial charge in [0, 0.05) is 30.3 Å². The van der Waals surface area contributed by atoms with E-state index in [0.717, 1.165) is 26.3 Å². The highest BCUT2D eigenvalue weighted by atomic mass is 35.5. The maximum absolute atomic E-state index is 5.33. The van der Waals surface area contributed by atoms with Crippen molar-refractivity contribution in [3.8, 4) is 0 Å². The van der Waals surface area contributed by atoms with Crippen LogP contribution in [0.5, 0.6) is 0 Å². The van der Waals surface area contributed by atoms with Crippen LogP contribution in [0.2, 0.25) is 0 Å². The van der Waals surface area contributed by atoms with Crippen LogP contribution >= 0.6 is 24.2 Å². The van der Waals surface area contributed by atoms with Crippen molar-refractivity contribution in [2.45, 2.75) is 11.8 Å². The molecule has 1 heterocycles. The second kappa shape index (κ2) is 7.98. The van der Waals surface area contributed by atoms with Gasteiger partial charge in [0.25, 0.3) is 0 Å². The number of nitrogens with zero attached hydrogens (tertiary/aromatic N) is 1. The first-order valence-corrected chi connectivity index (χ1v) is 6.83. The molecule has 17 heavy (non-hydrogen) atoms. The zero-order chi connectivity index (χ0) is 11.2. The van der Waals surface area contributed by atoms with Gasteiger partial charge in [-0.2, -0.15) is 0 Å². The molecule has 0 aliphatic carbocycles. The summed E-state index contributed by atoms with van der Waals surface area (Å²) < 4.78 is 5.33. The Morgan fingerprint density at radius 2 is 2.06 bits per heavy atom. The van der Waals surface area contributed by atoms with Crippen molar-refractivity contribution < 1.29 is 4.74 Å². The molecule has 1 aromatic rings. The standard InChI is InChI=1S/C13H19NOS.ClH/c1-12-3-2-4-13(11-12)16-10-7-14-5-8-15-9-6-14;/h2-4,11H,5-10H2,1H3;1H. The molecule has 0 amide bonds. The molecule has 0 atom stereocenters. The van der Waals surface area contributed by atoms with Gasteiger partial charge in [-0.1, -0.05) is 17.7 Å². The molecule has 1 aliphatic heterocycles. The van der Waals surface area contributed by atoms with Gasteiger partial charge in [-0.25, -0.2) is 0 Å². The number of halogens is 1. The van der Waals surface area contributed by atoms with E-state index in [2.05, 4.69) is 36.1 Å². The van der Waals surface area contributed by atoms with Crippen molar-refractivity contribution in [1.82, 2.24) is 4.90 Å². The first-order chi connectivity index (χ1) is 7.84. The molecule has 0 N–H and O–H groups in total. The van der Waals surface area contributed by atoms with E-state index in [9.17, 15) is 0 Å². The second-order valence-corrected chi connectivity index (χ2v) is 5.29. The average Bonchev–Trinajstić information content (AvgIpc) is 2.30. The van der Waals surface area contributed by atoms with E-state index in [0.29, 0.717) is 0 Å². The van der Waals surface area contributed by atoms with Gasteiger partial charge in [-0.3, -0.25) is 4.90 Å². The third kappa shape index (κ3) is 5.30. The first kappa shape index (κ1) is 14.8. The zero-order valence-corrected chi connectivity index (χ0v) is 11.9. The van der Waals surface area contributed by atoms with Gasteiger partial charge in [-0.05, 0) is 19.1 Å². The van der Waals surface area contributed by atoms with E-state index in [1.165, 1.54) is 22.8 Å². The predicted octanol–water partition coefficient (Wildman–Crippen LogP) is 2.84. The van der Waals surface area contributed by atoms with E-state index < -0.39 is 0 Å². The molecule has 0 unspecified atom stereocenters. The van der Waals surface area contributed by atoms with Crippen LogP contribution in [0.3, 0.4) is 0 Å². The third-order valence-electron chi connectivity index (χ3n) is 2.77. The fraction of sp³-hybridized carbons (Fsp3) is 0.538. The molecule has 0 spiro atoms. The topological polar surface area (TPSA) is 12.5 Å². The summed E-state index contributed by atoms with van der Waals surface area (Å²) in [7, 11) is 0. The molecule has 1 saturated heterocycles. The van der Waals surface area contributed by atoms with Gasteiger partial charge in [0.1, 0.15) is 0 Å². The van der Waals surface area contributed by atoms with Crippen molar-refractivity contribution in [3.05, 3.63) is 29.8 Å². The number of hydrogen-bond donors (Lipinski definition) is 0. The highest BCUT2D eigenvalue weighted by Gasteiger charge is 2.09. The van der Waals surface area contributed by atoms with E-state index >= 15 is 0 Å². The van der Waals surface area contributed by atoms with E-state index in [1.807, 2.05) is 11.8 Å². The van der Waals surface area contributed by atoms with Gasteiger partial charge in [-0.15, -0.1) is 24.2 Å². The summed E-state index contributed by atoms with van der Waals surface area (Å²) in [4.78, 5) is 3.86. The minimum absolute atomic E-state index is 0. The first-order valence-electron chi connectivity index (χ1n) is 5.84. The van der Waals surface area contributed by atoms with E-state index in [4.69, 9.17) is 4.74 Å². The van der Waals surface area contributed by atoms with Crippen LogP contribution in [0.15, 0.2) is 29.2 Å². The van der Waals surface area contributed by atoms with Crippen molar-refractivity contribution >= 4 is 24.2 Å². The Kier molecular flexibility index (Phi) is 6.97. The molecule has 0 radical (unpaired) electrons. The number of morpholine rings is 1. The molecule has 1 aromatic carbocycles. The molecule has 2 nitrogen and oxygen atoms in total. The molecular formula is C13H20ClNOS. The van der Waals surface area contributed by atoms with Crippen LogP contribution in [0.4, 0.5) is 0 Å². The lowest BCUT2D eigenvalue weighted by molar-refractivity contribution is 0.0410. The number of ether oxygens (including phenoxy) is 1. The lowest BCUT2D eigenvalue weighted by atomic mass is 10.2. The lowest BCUT2D eigenvalue weighted by Crippen LogP contribution is -2.37. The third-order valence-corrected chi connectivity index (χ3v) is 3.74. The van der Waals surface area contributed by atoms with E-state index in [1.54, 1.807) is 0 Å². The number of aryl methyl sites for hydroxylation is 1. The Morgan fingerprint density at radius 3 is 2.76 bits per heavy atom. The molecular weight excluding hydrogens is 254 g/mol. The maximum atomic E-state index is 5.33. The Morgan fingerprint density at radius 1 is 1.29 bits per heavy atom. The quantitative estimate of drug-likeness (QED) is 0.783. The van der Waals surface area contributed by atoms with Crippen LogP contribution in [-0.2, 0) is 4.74 Å². The van der Waals surface area contributed by atoms with Crippen molar-refractivity contribution in [1.29, 1.82) is 0 Å². The number of hydrogen-bond acceptors (Lipinski definition) is 3.